The first-order chi connectivity index (χ1) is 8.47. The Labute approximate surface area is 117 Å². The van der Waals surface area contributed by atoms with Crippen molar-refractivity contribution in [3.8, 4) is 0 Å². The highest BCUT2D eigenvalue weighted by molar-refractivity contribution is 9.10. The average Bonchev–Trinajstić information content (AvgIpc) is 2.26. The molecule has 0 saturated heterocycles. The van der Waals surface area contributed by atoms with Gasteiger partial charge in [-0.2, -0.15) is 0 Å². The normalized spacial score (nSPS) is 11.0. The van der Waals surface area contributed by atoms with Gasteiger partial charge in [0.15, 0.2) is 0 Å². The second kappa shape index (κ2) is 7.48. The number of hydrogen-bond acceptors (Lipinski definition) is 3. The van der Waals surface area contributed by atoms with Crippen molar-refractivity contribution < 1.29 is 4.79 Å². The maximum Gasteiger partial charge on any atom is 0.234 e. The van der Waals surface area contributed by atoms with E-state index in [1.807, 2.05) is 24.2 Å². The van der Waals surface area contributed by atoms with E-state index >= 15 is 0 Å². The molecule has 18 heavy (non-hydrogen) atoms. The highest BCUT2D eigenvalue weighted by Crippen LogP contribution is 2.10. The number of pyridine rings is 1. The summed E-state index contributed by atoms with van der Waals surface area (Å²) in [5.74, 6) is 0.544. The zero-order valence-corrected chi connectivity index (χ0v) is 12.7. The summed E-state index contributed by atoms with van der Waals surface area (Å²) in [6, 6.07) is 2.01. The summed E-state index contributed by atoms with van der Waals surface area (Å²) >= 11 is 3.38. The number of likely N-dealkylation sites (N-methyl/N-ethyl adjacent to an activating group) is 1. The van der Waals surface area contributed by atoms with Gasteiger partial charge in [-0.1, -0.05) is 13.8 Å². The van der Waals surface area contributed by atoms with E-state index in [2.05, 4.69) is 40.1 Å². The van der Waals surface area contributed by atoms with Crippen LogP contribution in [0.1, 0.15) is 19.4 Å². The van der Waals surface area contributed by atoms with Gasteiger partial charge in [-0.05, 0) is 40.5 Å². The summed E-state index contributed by atoms with van der Waals surface area (Å²) in [4.78, 5) is 17.7. The number of amides is 1. The van der Waals surface area contributed by atoms with Crippen LogP contribution in [0.4, 0.5) is 0 Å². The molecule has 1 rings (SSSR count). The number of hydrogen-bond donors (Lipinski definition) is 1. The van der Waals surface area contributed by atoms with Crippen molar-refractivity contribution in [1.82, 2.24) is 15.2 Å². The first-order valence-corrected chi connectivity index (χ1v) is 6.81. The van der Waals surface area contributed by atoms with Crippen LogP contribution >= 0.6 is 15.9 Å². The third-order valence-corrected chi connectivity index (χ3v) is 2.77. The summed E-state index contributed by atoms with van der Waals surface area (Å²) in [6.45, 7) is 6.00. The smallest absolute Gasteiger partial charge is 0.234 e. The van der Waals surface area contributed by atoms with Crippen molar-refractivity contribution in [1.29, 1.82) is 0 Å². The van der Waals surface area contributed by atoms with Crippen molar-refractivity contribution >= 4 is 21.8 Å². The van der Waals surface area contributed by atoms with Crippen molar-refractivity contribution in [2.24, 2.45) is 5.92 Å². The highest BCUT2D eigenvalue weighted by Gasteiger charge is 2.07. The number of carbonyl (C=O) groups is 1. The Morgan fingerprint density at radius 2 is 2.22 bits per heavy atom. The Kier molecular flexibility index (Phi) is 6.29. The molecule has 100 valence electrons. The van der Waals surface area contributed by atoms with Crippen LogP contribution in [0.2, 0.25) is 0 Å². The number of rotatable bonds is 6. The standard InChI is InChI=1S/C13H20BrN3O/c1-10(2)5-16-13(18)9-17(3)8-11-4-12(14)7-15-6-11/h4,6-7,10H,5,8-9H2,1-3H3,(H,16,18). The Morgan fingerprint density at radius 3 is 2.83 bits per heavy atom. The first-order valence-electron chi connectivity index (χ1n) is 6.02. The molecule has 4 nitrogen and oxygen atoms in total. The summed E-state index contributed by atoms with van der Waals surface area (Å²) in [5.41, 5.74) is 1.09. The second-order valence-corrected chi connectivity index (χ2v) is 5.80. The van der Waals surface area contributed by atoms with Crippen LogP contribution in [0.3, 0.4) is 0 Å². The molecule has 0 aliphatic rings. The molecule has 0 spiro atoms. The van der Waals surface area contributed by atoms with Crippen LogP contribution in [-0.4, -0.2) is 35.9 Å². The van der Waals surface area contributed by atoms with Gasteiger partial charge in [-0.15, -0.1) is 0 Å². The van der Waals surface area contributed by atoms with Crippen molar-refractivity contribution in [2.45, 2.75) is 20.4 Å². The Morgan fingerprint density at radius 1 is 1.50 bits per heavy atom. The molecule has 0 unspecified atom stereocenters. The molecule has 0 fully saturated rings. The van der Waals surface area contributed by atoms with Crippen LogP contribution in [-0.2, 0) is 11.3 Å². The third kappa shape index (κ3) is 6.12. The molecule has 0 atom stereocenters. The number of carbonyl (C=O) groups excluding carboxylic acids is 1. The van der Waals surface area contributed by atoms with E-state index in [0.717, 1.165) is 16.6 Å². The summed E-state index contributed by atoms with van der Waals surface area (Å²) in [5, 5.41) is 2.90. The largest absolute Gasteiger partial charge is 0.355 e. The van der Waals surface area contributed by atoms with E-state index in [1.54, 1.807) is 6.20 Å². The fourth-order valence-electron chi connectivity index (χ4n) is 1.53. The average molecular weight is 314 g/mol. The molecule has 5 heteroatoms. The molecule has 1 amide bonds. The van der Waals surface area contributed by atoms with Gasteiger partial charge in [0.25, 0.3) is 0 Å². The minimum absolute atomic E-state index is 0.0640. The van der Waals surface area contributed by atoms with Crippen LogP contribution in [0, 0.1) is 5.92 Å². The van der Waals surface area contributed by atoms with Gasteiger partial charge < -0.3 is 5.32 Å². The van der Waals surface area contributed by atoms with E-state index in [-0.39, 0.29) is 5.91 Å². The van der Waals surface area contributed by atoms with Crippen molar-refractivity contribution in [3.63, 3.8) is 0 Å². The van der Waals surface area contributed by atoms with Gasteiger partial charge in [0, 0.05) is 30.0 Å². The SMILES string of the molecule is CC(C)CNC(=O)CN(C)Cc1cncc(Br)c1. The maximum atomic E-state index is 11.6. The van der Waals surface area contributed by atoms with Gasteiger partial charge in [0.2, 0.25) is 5.91 Å². The van der Waals surface area contributed by atoms with E-state index < -0.39 is 0 Å². The van der Waals surface area contributed by atoms with Gasteiger partial charge in [0.1, 0.15) is 0 Å². The lowest BCUT2D eigenvalue weighted by Gasteiger charge is -2.16. The molecule has 1 aromatic heterocycles. The maximum absolute atomic E-state index is 11.6. The molecule has 1 N–H and O–H groups in total. The molecule has 0 aliphatic carbocycles. The van der Waals surface area contributed by atoms with E-state index in [4.69, 9.17) is 0 Å². The van der Waals surface area contributed by atoms with Gasteiger partial charge in [0.05, 0.1) is 6.54 Å². The highest BCUT2D eigenvalue weighted by atomic mass is 79.9. The lowest BCUT2D eigenvalue weighted by molar-refractivity contribution is -0.122. The molecular formula is C13H20BrN3O. The predicted octanol–water partition coefficient (Wildman–Crippen LogP) is 2.05. The van der Waals surface area contributed by atoms with Crippen molar-refractivity contribution in [2.75, 3.05) is 20.1 Å². The lowest BCUT2D eigenvalue weighted by atomic mass is 10.2. The first kappa shape index (κ1) is 15.1. The van der Waals surface area contributed by atoms with Crippen molar-refractivity contribution in [3.05, 3.63) is 28.5 Å². The summed E-state index contributed by atoms with van der Waals surface area (Å²) in [7, 11) is 1.93. The molecule has 0 saturated carbocycles. The Bertz CT molecular complexity index is 396. The molecule has 0 aliphatic heterocycles. The van der Waals surface area contributed by atoms with Gasteiger partial charge in [-0.3, -0.25) is 14.7 Å². The topological polar surface area (TPSA) is 45.2 Å². The van der Waals surface area contributed by atoms with Crippen LogP contribution in [0.25, 0.3) is 0 Å². The summed E-state index contributed by atoms with van der Waals surface area (Å²) < 4.78 is 0.956. The van der Waals surface area contributed by atoms with E-state index in [9.17, 15) is 4.79 Å². The van der Waals surface area contributed by atoms with Crippen LogP contribution < -0.4 is 5.32 Å². The molecule has 1 heterocycles. The number of nitrogens with zero attached hydrogens (tertiary/aromatic N) is 2. The van der Waals surface area contributed by atoms with Gasteiger partial charge in [-0.25, -0.2) is 0 Å². The fraction of sp³-hybridized carbons (Fsp3) is 0.538. The zero-order valence-electron chi connectivity index (χ0n) is 11.1. The van der Waals surface area contributed by atoms with Gasteiger partial charge >= 0.3 is 0 Å². The minimum atomic E-state index is 0.0640. The van der Waals surface area contributed by atoms with Crippen LogP contribution in [0.15, 0.2) is 22.9 Å². The molecule has 1 aromatic rings. The van der Waals surface area contributed by atoms with E-state index in [1.165, 1.54) is 0 Å². The Hall–Kier alpha value is -0.940. The lowest BCUT2D eigenvalue weighted by Crippen LogP contribution is -2.36. The zero-order chi connectivity index (χ0) is 13.5. The molecule has 0 bridgehead atoms. The molecule has 0 radical (unpaired) electrons. The number of nitrogens with one attached hydrogen (secondary N) is 1. The quantitative estimate of drug-likeness (QED) is 0.874. The minimum Gasteiger partial charge on any atom is -0.355 e. The predicted molar refractivity (Wildman–Crippen MR) is 76.1 cm³/mol. The number of halogens is 1. The molecule has 0 aromatic carbocycles. The van der Waals surface area contributed by atoms with Crippen LogP contribution in [0.5, 0.6) is 0 Å². The molecular weight excluding hydrogens is 294 g/mol. The fourth-order valence-corrected chi connectivity index (χ4v) is 1.94. The Balaban J connectivity index is 2.37. The van der Waals surface area contributed by atoms with E-state index in [0.29, 0.717) is 19.0 Å². The second-order valence-electron chi connectivity index (χ2n) is 4.88. The number of aromatic nitrogens is 1. The summed E-state index contributed by atoms with van der Waals surface area (Å²) in [6.07, 6.45) is 3.56. The monoisotopic (exact) mass is 313 g/mol. The third-order valence-electron chi connectivity index (χ3n) is 2.34.